The van der Waals surface area contributed by atoms with E-state index in [0.717, 1.165) is 25.9 Å². The van der Waals surface area contributed by atoms with Crippen LogP contribution in [0.25, 0.3) is 0 Å². The van der Waals surface area contributed by atoms with Crippen molar-refractivity contribution in [2.24, 2.45) is 11.7 Å². The largest absolute Gasteiger partial charge is 0.444 e. The van der Waals surface area contributed by atoms with Crippen molar-refractivity contribution in [3.8, 4) is 0 Å². The topological polar surface area (TPSA) is 114 Å². The smallest absolute Gasteiger partial charge is 0.407 e. The lowest BCUT2D eigenvalue weighted by atomic mass is 9.96. The van der Waals surface area contributed by atoms with E-state index in [4.69, 9.17) is 10.5 Å². The number of alkyl carbamates (subject to hydrolysis) is 1. The van der Waals surface area contributed by atoms with Crippen LogP contribution < -0.4 is 16.4 Å². The first-order chi connectivity index (χ1) is 10.6. The van der Waals surface area contributed by atoms with Gasteiger partial charge in [0.05, 0.1) is 6.04 Å². The Bertz CT molecular complexity index is 439. The molecule has 0 aromatic heterocycles. The number of primary amides is 1. The first-order valence-electron chi connectivity index (χ1n) is 7.89. The van der Waals surface area contributed by atoms with Crippen molar-refractivity contribution >= 4 is 18.0 Å². The van der Waals surface area contributed by atoms with E-state index in [1.165, 1.54) is 0 Å². The lowest BCUT2D eigenvalue weighted by molar-refractivity contribution is -0.125. The Morgan fingerprint density at radius 2 is 1.83 bits per heavy atom. The van der Waals surface area contributed by atoms with Gasteiger partial charge in [-0.15, -0.1) is 0 Å². The number of carbonyl (C=O) groups excluding carboxylic acids is 3. The first kappa shape index (κ1) is 19.2. The zero-order chi connectivity index (χ0) is 17.6. The zero-order valence-corrected chi connectivity index (χ0v) is 14.3. The number of piperidine rings is 1. The Kier molecular flexibility index (Phi) is 6.80. The predicted octanol–water partition coefficient (Wildman–Crippen LogP) is 0.806. The maximum atomic E-state index is 11.8. The second-order valence-electron chi connectivity index (χ2n) is 6.89. The molecule has 23 heavy (non-hydrogen) atoms. The third-order valence-corrected chi connectivity index (χ3v) is 3.76. The van der Waals surface area contributed by atoms with Gasteiger partial charge in [-0.1, -0.05) is 0 Å². The number of rotatable bonds is 4. The highest BCUT2D eigenvalue weighted by molar-refractivity contribution is 5.96. The van der Waals surface area contributed by atoms with E-state index in [1.54, 1.807) is 6.92 Å². The van der Waals surface area contributed by atoms with Crippen molar-refractivity contribution in [1.29, 1.82) is 0 Å². The maximum absolute atomic E-state index is 11.8. The zero-order valence-electron chi connectivity index (χ0n) is 14.3. The summed E-state index contributed by atoms with van der Waals surface area (Å²) in [7, 11) is 0. The van der Waals surface area contributed by atoms with Crippen LogP contribution in [0.15, 0.2) is 0 Å². The van der Waals surface area contributed by atoms with Gasteiger partial charge in [0.2, 0.25) is 5.91 Å². The molecule has 1 atom stereocenters. The van der Waals surface area contributed by atoms with E-state index in [2.05, 4.69) is 10.6 Å². The fourth-order valence-corrected chi connectivity index (χ4v) is 2.48. The molecule has 1 aliphatic rings. The van der Waals surface area contributed by atoms with Crippen molar-refractivity contribution in [2.45, 2.75) is 52.2 Å². The monoisotopic (exact) mass is 328 g/mol. The molecule has 1 heterocycles. The van der Waals surface area contributed by atoms with E-state index >= 15 is 0 Å². The molecule has 1 rings (SSSR count). The van der Waals surface area contributed by atoms with E-state index < -0.39 is 23.8 Å². The van der Waals surface area contributed by atoms with Gasteiger partial charge in [-0.3, -0.25) is 15.0 Å². The molecule has 1 aliphatic heterocycles. The van der Waals surface area contributed by atoms with Crippen LogP contribution in [0.3, 0.4) is 0 Å². The molecule has 1 saturated heterocycles. The summed E-state index contributed by atoms with van der Waals surface area (Å²) in [5.41, 5.74) is 4.45. The number of hydrogen-bond donors (Lipinski definition) is 3. The van der Waals surface area contributed by atoms with Crippen molar-refractivity contribution in [2.75, 3.05) is 19.6 Å². The third kappa shape index (κ3) is 7.32. The van der Waals surface area contributed by atoms with Crippen LogP contribution in [0.2, 0.25) is 0 Å². The second kappa shape index (κ2) is 8.14. The number of ether oxygens (including phenoxy) is 1. The van der Waals surface area contributed by atoms with Crippen LogP contribution >= 0.6 is 0 Å². The molecule has 0 radical (unpaired) electrons. The lowest BCUT2D eigenvalue weighted by Crippen LogP contribution is -2.51. The molecule has 0 aliphatic carbocycles. The van der Waals surface area contributed by atoms with Gasteiger partial charge in [0, 0.05) is 6.54 Å². The Labute approximate surface area is 137 Å². The molecule has 4 amide bonds. The molecule has 1 unspecified atom stereocenters. The lowest BCUT2D eigenvalue weighted by Gasteiger charge is -2.35. The van der Waals surface area contributed by atoms with E-state index in [1.807, 2.05) is 25.7 Å². The summed E-state index contributed by atoms with van der Waals surface area (Å²) in [5, 5.41) is 4.88. The molecule has 0 aromatic rings. The number of hydrogen-bond acceptors (Lipinski definition) is 5. The number of likely N-dealkylation sites (tertiary alicyclic amines) is 1. The van der Waals surface area contributed by atoms with E-state index in [-0.39, 0.29) is 5.91 Å². The third-order valence-electron chi connectivity index (χ3n) is 3.76. The number of nitrogens with zero attached hydrogens (tertiary/aromatic N) is 1. The molecule has 0 saturated carbocycles. The molecule has 8 nitrogen and oxygen atoms in total. The van der Waals surface area contributed by atoms with Crippen LogP contribution in [-0.4, -0.2) is 54.2 Å². The van der Waals surface area contributed by atoms with Gasteiger partial charge < -0.3 is 15.8 Å². The molecular weight excluding hydrogens is 300 g/mol. The van der Waals surface area contributed by atoms with Gasteiger partial charge in [-0.2, -0.15) is 0 Å². The minimum atomic E-state index is -0.835. The van der Waals surface area contributed by atoms with Crippen LogP contribution in [0.1, 0.15) is 40.5 Å². The average molecular weight is 328 g/mol. The highest BCUT2D eigenvalue weighted by Gasteiger charge is 2.27. The predicted molar refractivity (Wildman–Crippen MR) is 85.7 cm³/mol. The molecule has 1 fully saturated rings. The van der Waals surface area contributed by atoms with Crippen molar-refractivity contribution in [1.82, 2.24) is 15.5 Å². The highest BCUT2D eigenvalue weighted by Crippen LogP contribution is 2.18. The van der Waals surface area contributed by atoms with Crippen LogP contribution in [0, 0.1) is 5.92 Å². The minimum Gasteiger partial charge on any atom is -0.444 e. The quantitative estimate of drug-likeness (QED) is 0.706. The molecule has 132 valence electrons. The molecule has 4 N–H and O–H groups in total. The Hall–Kier alpha value is -1.83. The Morgan fingerprint density at radius 3 is 2.30 bits per heavy atom. The number of nitrogens with two attached hydrogens (primary N) is 1. The van der Waals surface area contributed by atoms with Gasteiger partial charge in [-0.25, -0.2) is 9.59 Å². The van der Waals surface area contributed by atoms with Crippen LogP contribution in [0.4, 0.5) is 9.59 Å². The van der Waals surface area contributed by atoms with Crippen molar-refractivity contribution in [3.63, 3.8) is 0 Å². The summed E-state index contributed by atoms with van der Waals surface area (Å²) in [6.07, 6.45) is 1.32. The normalized spacial score (nSPS) is 18.1. The molecule has 8 heteroatoms. The van der Waals surface area contributed by atoms with Crippen molar-refractivity contribution in [3.05, 3.63) is 0 Å². The van der Waals surface area contributed by atoms with Crippen LogP contribution in [0.5, 0.6) is 0 Å². The summed E-state index contributed by atoms with van der Waals surface area (Å²) in [6, 6.07) is -1.24. The number of amides is 4. The number of imide groups is 1. The van der Waals surface area contributed by atoms with E-state index in [0.29, 0.717) is 12.5 Å². The van der Waals surface area contributed by atoms with Gasteiger partial charge >= 0.3 is 12.1 Å². The van der Waals surface area contributed by atoms with Gasteiger partial charge in [0.25, 0.3) is 0 Å². The summed E-state index contributed by atoms with van der Waals surface area (Å²) in [5.74, 6) is -0.0343. The number of carbonyl (C=O) groups is 3. The summed E-state index contributed by atoms with van der Waals surface area (Å²) >= 11 is 0. The molecule has 0 aromatic carbocycles. The minimum absolute atomic E-state index is 0.352. The fourth-order valence-electron chi connectivity index (χ4n) is 2.48. The molecular formula is C15H28N4O4. The number of nitrogens with one attached hydrogen (secondary N) is 2. The SMILES string of the molecule is CC(C(=O)NC(N)=O)N1CCC(CNC(=O)OC(C)(C)C)CC1. The van der Waals surface area contributed by atoms with Crippen molar-refractivity contribution < 1.29 is 19.1 Å². The molecule has 0 spiro atoms. The summed E-state index contributed by atoms with van der Waals surface area (Å²) in [6.45, 7) is 9.24. The van der Waals surface area contributed by atoms with Gasteiger partial charge in [-0.05, 0) is 59.5 Å². The van der Waals surface area contributed by atoms with Gasteiger partial charge in [0.15, 0.2) is 0 Å². The average Bonchev–Trinajstić information content (AvgIpc) is 2.42. The highest BCUT2D eigenvalue weighted by atomic mass is 16.6. The second-order valence-corrected chi connectivity index (χ2v) is 6.89. The fraction of sp³-hybridized carbons (Fsp3) is 0.800. The van der Waals surface area contributed by atoms with Gasteiger partial charge in [0.1, 0.15) is 5.60 Å². The van der Waals surface area contributed by atoms with E-state index in [9.17, 15) is 14.4 Å². The standard InChI is InChI=1S/C15H28N4O4/c1-10(12(20)18-13(16)21)19-7-5-11(6-8-19)9-17-14(22)23-15(2,3)4/h10-11H,5-9H2,1-4H3,(H,17,22)(H3,16,18,20,21). The Balaban J connectivity index is 2.31. The first-order valence-corrected chi connectivity index (χ1v) is 7.89. The van der Waals surface area contributed by atoms with Crippen LogP contribution in [-0.2, 0) is 9.53 Å². The summed E-state index contributed by atoms with van der Waals surface area (Å²) in [4.78, 5) is 36.1. The maximum Gasteiger partial charge on any atom is 0.407 e. The summed E-state index contributed by atoms with van der Waals surface area (Å²) < 4.78 is 5.20. The molecule has 0 bridgehead atoms. The number of urea groups is 1. The Morgan fingerprint density at radius 1 is 1.26 bits per heavy atom.